The zero-order chi connectivity index (χ0) is 19.7. The fraction of sp³-hybridized carbons (Fsp3) is 0.263. The van der Waals surface area contributed by atoms with Gasteiger partial charge in [-0.3, -0.25) is 4.79 Å². The molecule has 0 atom stereocenters. The van der Waals surface area contributed by atoms with Crippen molar-refractivity contribution in [2.75, 3.05) is 30.8 Å². The van der Waals surface area contributed by atoms with Gasteiger partial charge in [0.05, 0.1) is 23.2 Å². The van der Waals surface area contributed by atoms with Gasteiger partial charge in [0.2, 0.25) is 5.91 Å². The highest BCUT2D eigenvalue weighted by atomic mass is 16.1. The second kappa shape index (κ2) is 7.18. The van der Waals surface area contributed by atoms with Crippen LogP contribution in [0, 0.1) is 0 Å². The molecule has 1 amide bonds. The predicted octanol–water partition coefficient (Wildman–Crippen LogP) is 2.10. The Balaban J connectivity index is 1.68. The molecule has 144 valence electrons. The Morgan fingerprint density at radius 1 is 1.25 bits per heavy atom. The van der Waals surface area contributed by atoms with Gasteiger partial charge in [0.25, 0.3) is 0 Å². The molecule has 0 fully saturated rings. The molecular formula is C19H22N8O. The van der Waals surface area contributed by atoms with Gasteiger partial charge < -0.3 is 25.5 Å². The molecule has 0 aliphatic carbocycles. The first-order chi connectivity index (χ1) is 13.6. The zero-order valence-electron chi connectivity index (χ0n) is 16.0. The highest BCUT2D eigenvalue weighted by molar-refractivity contribution is 6.07. The van der Waals surface area contributed by atoms with E-state index in [1.165, 1.54) is 6.92 Å². The van der Waals surface area contributed by atoms with Gasteiger partial charge >= 0.3 is 0 Å². The Hall–Kier alpha value is -3.62. The maximum Gasteiger partial charge on any atom is 0.216 e. The van der Waals surface area contributed by atoms with E-state index in [0.29, 0.717) is 13.1 Å². The molecule has 0 bridgehead atoms. The number of carbonyl (C=O) groups excluding carboxylic acids is 1. The van der Waals surface area contributed by atoms with E-state index in [1.54, 1.807) is 6.33 Å². The third kappa shape index (κ3) is 3.22. The van der Waals surface area contributed by atoms with E-state index in [9.17, 15) is 4.79 Å². The molecule has 9 heteroatoms. The van der Waals surface area contributed by atoms with Crippen LogP contribution < -0.4 is 16.0 Å². The van der Waals surface area contributed by atoms with Crippen LogP contribution >= 0.6 is 0 Å². The summed E-state index contributed by atoms with van der Waals surface area (Å²) in [7, 11) is 3.81. The van der Waals surface area contributed by atoms with Gasteiger partial charge in [-0.05, 0) is 18.2 Å². The van der Waals surface area contributed by atoms with E-state index < -0.39 is 0 Å². The average Bonchev–Trinajstić information content (AvgIpc) is 3.28. The lowest BCUT2D eigenvalue weighted by atomic mass is 10.2. The summed E-state index contributed by atoms with van der Waals surface area (Å²) in [5.41, 5.74) is 4.32. The smallest absolute Gasteiger partial charge is 0.216 e. The molecule has 4 N–H and O–H groups in total. The first-order valence-electron chi connectivity index (χ1n) is 9.04. The minimum Gasteiger partial charge on any atom is -0.371 e. The molecule has 4 aromatic heterocycles. The lowest BCUT2D eigenvalue weighted by Gasteiger charge is -2.07. The highest BCUT2D eigenvalue weighted by Gasteiger charge is 2.15. The van der Waals surface area contributed by atoms with Gasteiger partial charge in [-0.1, -0.05) is 6.07 Å². The fourth-order valence-corrected chi connectivity index (χ4v) is 3.22. The number of carbonyl (C=O) groups is 1. The quantitative estimate of drug-likeness (QED) is 0.382. The molecule has 28 heavy (non-hydrogen) atoms. The monoisotopic (exact) mass is 378 g/mol. The Bertz CT molecular complexity index is 1160. The van der Waals surface area contributed by atoms with Gasteiger partial charge in [-0.2, -0.15) is 0 Å². The van der Waals surface area contributed by atoms with Gasteiger partial charge in [0, 0.05) is 39.5 Å². The summed E-state index contributed by atoms with van der Waals surface area (Å²) in [6, 6.07) is 7.84. The lowest BCUT2D eigenvalue weighted by Crippen LogP contribution is -2.26. The second-order valence-corrected chi connectivity index (χ2v) is 6.53. The van der Waals surface area contributed by atoms with Gasteiger partial charge in [0.15, 0.2) is 5.82 Å². The Kier molecular flexibility index (Phi) is 4.56. The van der Waals surface area contributed by atoms with Crippen LogP contribution in [0.5, 0.6) is 0 Å². The summed E-state index contributed by atoms with van der Waals surface area (Å²) >= 11 is 0. The minimum atomic E-state index is -0.0449. The van der Waals surface area contributed by atoms with Crippen molar-refractivity contribution in [2.24, 2.45) is 7.05 Å². The van der Waals surface area contributed by atoms with E-state index in [1.807, 2.05) is 36.9 Å². The van der Waals surface area contributed by atoms with Crippen molar-refractivity contribution in [3.05, 3.63) is 30.6 Å². The number of fused-ring (bicyclic) bond motifs is 3. The number of rotatable bonds is 6. The number of anilines is 2. The fourth-order valence-electron chi connectivity index (χ4n) is 3.22. The maximum atomic E-state index is 10.9. The number of pyridine rings is 2. The molecule has 0 radical (unpaired) electrons. The lowest BCUT2D eigenvalue weighted by molar-refractivity contribution is -0.118. The van der Waals surface area contributed by atoms with Crippen LogP contribution in [-0.4, -0.2) is 50.5 Å². The highest BCUT2D eigenvalue weighted by Crippen LogP contribution is 2.31. The molecule has 0 spiro atoms. The third-order valence-corrected chi connectivity index (χ3v) is 4.50. The summed E-state index contributed by atoms with van der Waals surface area (Å²) in [5, 5.41) is 10.1. The predicted molar refractivity (Wildman–Crippen MR) is 110 cm³/mol. The van der Waals surface area contributed by atoms with Crippen molar-refractivity contribution in [1.82, 2.24) is 29.8 Å². The normalized spacial score (nSPS) is 11.1. The number of aromatic amines is 1. The van der Waals surface area contributed by atoms with Crippen molar-refractivity contribution in [3.63, 3.8) is 0 Å². The number of nitrogens with zero attached hydrogens (tertiary/aromatic N) is 4. The average molecular weight is 378 g/mol. The van der Waals surface area contributed by atoms with Crippen molar-refractivity contribution in [3.8, 4) is 11.4 Å². The van der Waals surface area contributed by atoms with E-state index in [4.69, 9.17) is 0 Å². The minimum absolute atomic E-state index is 0.0449. The first-order valence-corrected chi connectivity index (χ1v) is 9.04. The molecule has 4 aromatic rings. The Morgan fingerprint density at radius 3 is 2.89 bits per heavy atom. The third-order valence-electron chi connectivity index (χ3n) is 4.50. The van der Waals surface area contributed by atoms with Crippen LogP contribution in [0.3, 0.4) is 0 Å². The molecule has 0 aliphatic heterocycles. The van der Waals surface area contributed by atoms with E-state index >= 15 is 0 Å². The molecule has 0 saturated carbocycles. The van der Waals surface area contributed by atoms with Crippen LogP contribution in [0.2, 0.25) is 0 Å². The largest absolute Gasteiger partial charge is 0.371 e. The van der Waals surface area contributed by atoms with Crippen molar-refractivity contribution in [1.29, 1.82) is 0 Å². The van der Waals surface area contributed by atoms with Crippen molar-refractivity contribution in [2.45, 2.75) is 6.92 Å². The molecule has 0 saturated heterocycles. The molecule has 0 unspecified atom stereocenters. The van der Waals surface area contributed by atoms with Crippen molar-refractivity contribution >= 4 is 39.6 Å². The molecule has 9 nitrogen and oxygen atoms in total. The number of hydrogen-bond acceptors (Lipinski definition) is 6. The number of H-pyrrole nitrogens is 1. The van der Waals surface area contributed by atoms with Crippen LogP contribution in [0.15, 0.2) is 30.6 Å². The molecular weight excluding hydrogens is 356 g/mol. The van der Waals surface area contributed by atoms with Crippen LogP contribution in [-0.2, 0) is 11.8 Å². The van der Waals surface area contributed by atoms with Gasteiger partial charge in [0.1, 0.15) is 17.0 Å². The summed E-state index contributed by atoms with van der Waals surface area (Å²) in [6.07, 6.45) is 1.79. The summed E-state index contributed by atoms with van der Waals surface area (Å²) in [5.74, 6) is 1.44. The number of aromatic nitrogens is 5. The molecule has 4 heterocycles. The number of amides is 1. The SMILES string of the molecule is CNc1nc2[nH]c(-c3cccc(NCCNC(C)=O)n3)cc2c2c1ncn2C. The van der Waals surface area contributed by atoms with E-state index in [0.717, 1.165) is 45.1 Å². The van der Waals surface area contributed by atoms with Gasteiger partial charge in [-0.25, -0.2) is 15.0 Å². The molecule has 4 rings (SSSR count). The topological polar surface area (TPSA) is 113 Å². The van der Waals surface area contributed by atoms with Crippen LogP contribution in [0.4, 0.5) is 11.6 Å². The van der Waals surface area contributed by atoms with Crippen LogP contribution in [0.1, 0.15) is 6.92 Å². The van der Waals surface area contributed by atoms with Crippen molar-refractivity contribution < 1.29 is 4.79 Å². The standard InChI is InChI=1S/C19H22N8O/c1-11(28)21-7-8-22-15-6-4-5-13(24-15)14-9-12-17-16(23-10-27(17)3)19(20-2)26-18(12)25-14/h4-6,9-10H,7-8H2,1-3H3,(H,21,28)(H,22,24)(H2,20,25,26). The zero-order valence-corrected chi connectivity index (χ0v) is 16.0. The Labute approximate surface area is 161 Å². The number of nitrogens with one attached hydrogen (secondary N) is 4. The van der Waals surface area contributed by atoms with E-state index in [-0.39, 0.29) is 5.91 Å². The molecule has 0 aromatic carbocycles. The second-order valence-electron chi connectivity index (χ2n) is 6.53. The summed E-state index contributed by atoms with van der Waals surface area (Å²) < 4.78 is 1.99. The first kappa shape index (κ1) is 17.8. The summed E-state index contributed by atoms with van der Waals surface area (Å²) in [4.78, 5) is 28.1. The summed E-state index contributed by atoms with van der Waals surface area (Å²) in [6.45, 7) is 2.65. The number of aryl methyl sites for hydroxylation is 1. The van der Waals surface area contributed by atoms with E-state index in [2.05, 4.69) is 42.0 Å². The Morgan fingerprint density at radius 2 is 2.11 bits per heavy atom. The maximum absolute atomic E-state index is 10.9. The number of imidazole rings is 1. The van der Waals surface area contributed by atoms with Crippen LogP contribution in [0.25, 0.3) is 33.5 Å². The van der Waals surface area contributed by atoms with Gasteiger partial charge in [-0.15, -0.1) is 0 Å². The number of hydrogen-bond donors (Lipinski definition) is 4. The molecule has 0 aliphatic rings.